The van der Waals surface area contributed by atoms with Gasteiger partial charge >= 0.3 is 6.09 Å². The summed E-state index contributed by atoms with van der Waals surface area (Å²) in [7, 11) is 0. The highest BCUT2D eigenvalue weighted by atomic mass is 16.6. The second-order valence-corrected chi connectivity index (χ2v) is 10.3. The van der Waals surface area contributed by atoms with E-state index < -0.39 is 0 Å². The third-order valence-corrected chi connectivity index (χ3v) is 7.82. The van der Waals surface area contributed by atoms with Crippen LogP contribution in [0.5, 0.6) is 0 Å². The van der Waals surface area contributed by atoms with E-state index in [0.717, 1.165) is 73.1 Å². The zero-order chi connectivity index (χ0) is 24.4. The molecule has 36 heavy (non-hydrogen) atoms. The van der Waals surface area contributed by atoms with Gasteiger partial charge in [-0.05, 0) is 66.9 Å². The normalized spacial score (nSPS) is 23.7. The molecule has 0 spiro atoms. The fourth-order valence-electron chi connectivity index (χ4n) is 5.48. The maximum absolute atomic E-state index is 12.7. The monoisotopic (exact) mass is 484 g/mol. The molecule has 3 saturated heterocycles. The number of alkyl carbamates (subject to hydrolysis) is 1. The molecule has 4 aliphatic rings. The minimum absolute atomic E-state index is 0.0337. The second-order valence-electron chi connectivity index (χ2n) is 10.3. The van der Waals surface area contributed by atoms with E-state index in [9.17, 15) is 4.79 Å². The van der Waals surface area contributed by atoms with Crippen LogP contribution in [0, 0.1) is 5.92 Å². The number of hydrogen-bond acceptors (Lipinski definition) is 6. The Hall–Kier alpha value is -3.29. The molecule has 4 heterocycles. The van der Waals surface area contributed by atoms with Gasteiger partial charge in [-0.2, -0.15) is 0 Å². The number of carbonyl (C=O) groups is 1. The molecule has 1 saturated carbocycles. The van der Waals surface area contributed by atoms with E-state index in [1.54, 1.807) is 12.4 Å². The summed E-state index contributed by atoms with van der Waals surface area (Å²) in [6.45, 7) is 4.20. The van der Waals surface area contributed by atoms with Crippen LogP contribution in [-0.4, -0.2) is 46.7 Å². The average molecular weight is 485 g/mol. The minimum atomic E-state index is -0.283. The van der Waals surface area contributed by atoms with Gasteiger partial charge in [0.2, 0.25) is 0 Å². The van der Waals surface area contributed by atoms with Crippen molar-refractivity contribution in [3.8, 4) is 11.1 Å². The van der Waals surface area contributed by atoms with Crippen molar-refractivity contribution < 1.29 is 14.3 Å². The number of benzene rings is 2. The third-order valence-electron chi connectivity index (χ3n) is 7.82. The first-order valence-electron chi connectivity index (χ1n) is 12.9. The molecule has 7 nitrogen and oxygen atoms in total. The molecule has 3 aromatic rings. The van der Waals surface area contributed by atoms with Crippen LogP contribution >= 0.6 is 0 Å². The fourth-order valence-corrected chi connectivity index (χ4v) is 5.48. The number of hydrogen-bond donors (Lipinski definition) is 1. The molecule has 2 bridgehead atoms. The number of fused-ring (bicyclic) bond motifs is 3. The molecule has 1 aliphatic carbocycles. The Balaban J connectivity index is 1.03. The molecule has 1 atom stereocenters. The first-order chi connectivity index (χ1) is 17.7. The summed E-state index contributed by atoms with van der Waals surface area (Å²) in [4.78, 5) is 23.1. The van der Waals surface area contributed by atoms with E-state index in [4.69, 9.17) is 9.47 Å². The van der Waals surface area contributed by atoms with Crippen molar-refractivity contribution in [2.24, 2.45) is 5.92 Å². The van der Waals surface area contributed by atoms with Crippen LogP contribution in [0.15, 0.2) is 67.3 Å². The highest BCUT2D eigenvalue weighted by Gasteiger charge is 2.47. The molecule has 1 N–H and O–H groups in total. The van der Waals surface area contributed by atoms with Gasteiger partial charge in [0.05, 0.1) is 18.8 Å². The quantitative estimate of drug-likeness (QED) is 0.501. The van der Waals surface area contributed by atoms with Gasteiger partial charge in [0.25, 0.3) is 0 Å². The highest BCUT2D eigenvalue weighted by molar-refractivity contribution is 5.70. The smallest absolute Gasteiger partial charge is 0.408 e. The maximum Gasteiger partial charge on any atom is 0.408 e. The van der Waals surface area contributed by atoms with Gasteiger partial charge in [-0.15, -0.1) is 0 Å². The number of nitrogens with one attached hydrogen (secondary N) is 1. The van der Waals surface area contributed by atoms with Crippen molar-refractivity contribution in [2.45, 2.75) is 50.5 Å². The van der Waals surface area contributed by atoms with E-state index in [-0.39, 0.29) is 17.7 Å². The molecular weight excluding hydrogens is 452 g/mol. The van der Waals surface area contributed by atoms with Gasteiger partial charge in [-0.25, -0.2) is 14.8 Å². The van der Waals surface area contributed by atoms with Crippen molar-refractivity contribution in [1.82, 2.24) is 20.2 Å². The van der Waals surface area contributed by atoms with Gasteiger partial charge in [0.1, 0.15) is 12.4 Å². The predicted molar refractivity (Wildman–Crippen MR) is 136 cm³/mol. The van der Waals surface area contributed by atoms with Crippen molar-refractivity contribution >= 4 is 6.09 Å². The fraction of sp³-hybridized carbons (Fsp3) is 0.414. The maximum atomic E-state index is 12.7. The Labute approximate surface area is 211 Å². The number of carbonyl (C=O) groups excluding carboxylic acids is 1. The summed E-state index contributed by atoms with van der Waals surface area (Å²) in [6, 6.07) is 17.0. The Bertz CT molecular complexity index is 1170. The molecule has 186 valence electrons. The van der Waals surface area contributed by atoms with Crippen molar-refractivity contribution in [2.75, 3.05) is 19.6 Å². The first kappa shape index (κ1) is 23.1. The molecule has 1 aromatic heterocycles. The number of nitrogens with zero attached hydrogens (tertiary/aromatic N) is 3. The third kappa shape index (κ3) is 5.13. The summed E-state index contributed by atoms with van der Waals surface area (Å²) < 4.78 is 11.7. The molecule has 1 unspecified atom stereocenters. The largest absolute Gasteiger partial charge is 0.445 e. The van der Waals surface area contributed by atoms with Crippen LogP contribution < -0.4 is 5.32 Å². The lowest BCUT2D eigenvalue weighted by molar-refractivity contribution is -0.0342. The van der Waals surface area contributed by atoms with Crippen LogP contribution in [0.25, 0.3) is 11.1 Å². The van der Waals surface area contributed by atoms with Crippen LogP contribution in [0.4, 0.5) is 4.79 Å². The van der Waals surface area contributed by atoms with E-state index in [1.807, 2.05) is 0 Å². The first-order valence-corrected chi connectivity index (χ1v) is 12.9. The molecule has 4 fully saturated rings. The molecule has 3 aliphatic heterocycles. The lowest BCUT2D eigenvalue weighted by Crippen LogP contribution is -2.53. The number of amides is 1. The minimum Gasteiger partial charge on any atom is -0.445 e. The number of ether oxygens (including phenoxy) is 2. The van der Waals surface area contributed by atoms with Crippen LogP contribution in [-0.2, 0) is 28.2 Å². The van der Waals surface area contributed by atoms with Crippen LogP contribution in [0.3, 0.4) is 0 Å². The van der Waals surface area contributed by atoms with E-state index in [1.165, 1.54) is 6.33 Å². The van der Waals surface area contributed by atoms with Crippen LogP contribution in [0.1, 0.15) is 42.4 Å². The molecular formula is C29H32N4O3. The topological polar surface area (TPSA) is 76.6 Å². The average Bonchev–Trinajstić information content (AvgIpc) is 3.71. The predicted octanol–water partition coefficient (Wildman–Crippen LogP) is 4.67. The molecule has 7 rings (SSSR count). The van der Waals surface area contributed by atoms with Gasteiger partial charge in [0, 0.05) is 24.5 Å². The number of rotatable bonds is 8. The zero-order valence-electron chi connectivity index (χ0n) is 20.4. The summed E-state index contributed by atoms with van der Waals surface area (Å²) >= 11 is 0. The van der Waals surface area contributed by atoms with E-state index >= 15 is 0 Å². The summed E-state index contributed by atoms with van der Waals surface area (Å²) in [6.07, 6.45) is 8.99. The summed E-state index contributed by atoms with van der Waals surface area (Å²) in [5, 5.41) is 3.19. The SMILES string of the molecule is O=C(NC1(c2ccc(-c3ccc(COCc4cncnc4)cc3)cc2)CC1)OC1CN2CCC1CC2. The van der Waals surface area contributed by atoms with Gasteiger partial charge in [-0.3, -0.25) is 4.90 Å². The molecule has 0 radical (unpaired) electrons. The van der Waals surface area contributed by atoms with Crippen molar-refractivity contribution in [3.05, 3.63) is 83.9 Å². The van der Waals surface area contributed by atoms with Crippen molar-refractivity contribution in [3.63, 3.8) is 0 Å². The Morgan fingerprint density at radius 3 is 2.17 bits per heavy atom. The van der Waals surface area contributed by atoms with Gasteiger partial charge in [-0.1, -0.05) is 48.5 Å². The zero-order valence-corrected chi connectivity index (χ0v) is 20.4. The molecule has 2 aromatic carbocycles. The van der Waals surface area contributed by atoms with E-state index in [0.29, 0.717) is 19.1 Å². The molecule has 7 heteroatoms. The van der Waals surface area contributed by atoms with Gasteiger partial charge < -0.3 is 14.8 Å². The lowest BCUT2D eigenvalue weighted by atomic mass is 9.86. The van der Waals surface area contributed by atoms with Gasteiger partial charge in [0.15, 0.2) is 0 Å². The number of aromatic nitrogens is 2. The standard InChI is InChI=1S/C29H32N4O3/c34-28(36-27-17-33-13-9-25(27)10-14-33)32-29(11-12-29)26-7-5-24(6-8-26)23-3-1-21(2-4-23)18-35-19-22-15-30-20-31-16-22/h1-8,15-16,20,25,27H,9-14,17-19H2,(H,32,34). The second kappa shape index (κ2) is 9.99. The number of piperidine rings is 3. The molecule has 1 amide bonds. The Kier molecular flexibility index (Phi) is 6.42. The Morgan fingerprint density at radius 1 is 0.917 bits per heavy atom. The highest BCUT2D eigenvalue weighted by Crippen LogP contribution is 2.46. The Morgan fingerprint density at radius 2 is 1.56 bits per heavy atom. The lowest BCUT2D eigenvalue weighted by Gasteiger charge is -2.44. The summed E-state index contributed by atoms with van der Waals surface area (Å²) in [5.41, 5.74) is 5.25. The summed E-state index contributed by atoms with van der Waals surface area (Å²) in [5.74, 6) is 0.520. The van der Waals surface area contributed by atoms with Crippen molar-refractivity contribution in [1.29, 1.82) is 0 Å². The van der Waals surface area contributed by atoms with Crippen LogP contribution in [0.2, 0.25) is 0 Å². The van der Waals surface area contributed by atoms with E-state index in [2.05, 4.69) is 68.7 Å².